The lowest BCUT2D eigenvalue weighted by molar-refractivity contribution is 0.168. The van der Waals surface area contributed by atoms with Gasteiger partial charge in [-0.3, -0.25) is 9.89 Å². The third-order valence-electron chi connectivity index (χ3n) is 5.25. The van der Waals surface area contributed by atoms with Gasteiger partial charge in [-0.15, -0.1) is 0 Å². The lowest BCUT2D eigenvalue weighted by Crippen LogP contribution is -2.52. The van der Waals surface area contributed by atoms with E-state index in [0.717, 1.165) is 69.6 Å². The molecule has 1 aliphatic rings. The minimum absolute atomic E-state index is 0.120. The number of aryl methyl sites for hydroxylation is 1. The summed E-state index contributed by atoms with van der Waals surface area (Å²) in [6.45, 7) is 15.2. The van der Waals surface area contributed by atoms with Gasteiger partial charge in [0.25, 0.3) is 0 Å². The maximum absolute atomic E-state index is 5.19. The number of aliphatic imine (C=N–C) groups is 1. The fourth-order valence-electron chi connectivity index (χ4n) is 3.76. The van der Waals surface area contributed by atoms with Crippen LogP contribution in [0.2, 0.25) is 0 Å². The Morgan fingerprint density at radius 1 is 1.17 bits per heavy atom. The van der Waals surface area contributed by atoms with Gasteiger partial charge < -0.3 is 14.7 Å². The Balaban J connectivity index is 1.55. The second kappa shape index (κ2) is 9.92. The third-order valence-corrected chi connectivity index (χ3v) is 5.25. The summed E-state index contributed by atoms with van der Waals surface area (Å²) >= 11 is 0. The molecule has 0 radical (unpaired) electrons. The van der Waals surface area contributed by atoms with E-state index < -0.39 is 0 Å². The topological polar surface area (TPSA) is 56.9 Å². The average Bonchev–Trinajstić information content (AvgIpc) is 3.11. The summed E-state index contributed by atoms with van der Waals surface area (Å²) in [6.07, 6.45) is 1.03. The van der Waals surface area contributed by atoms with Crippen LogP contribution in [-0.4, -0.2) is 60.2 Å². The van der Waals surface area contributed by atoms with E-state index in [1.165, 1.54) is 5.56 Å². The summed E-state index contributed by atoms with van der Waals surface area (Å²) in [6, 6.07) is 12.7. The largest absolute Gasteiger partial charge is 0.361 e. The van der Waals surface area contributed by atoms with Crippen LogP contribution < -0.4 is 5.32 Å². The lowest BCUT2D eigenvalue weighted by atomic mass is 9.86. The van der Waals surface area contributed by atoms with Crippen molar-refractivity contribution in [3.8, 4) is 0 Å². The predicted molar refractivity (Wildman–Crippen MR) is 118 cm³/mol. The monoisotopic (exact) mass is 397 g/mol. The second-order valence-corrected chi connectivity index (χ2v) is 8.69. The molecule has 158 valence electrons. The van der Waals surface area contributed by atoms with Crippen molar-refractivity contribution in [2.45, 2.75) is 40.7 Å². The Morgan fingerprint density at radius 3 is 2.52 bits per heavy atom. The van der Waals surface area contributed by atoms with E-state index in [2.05, 4.69) is 71.4 Å². The first-order chi connectivity index (χ1) is 13.9. The zero-order chi connectivity index (χ0) is 20.7. The molecule has 0 spiro atoms. The maximum Gasteiger partial charge on any atom is 0.194 e. The van der Waals surface area contributed by atoms with Crippen LogP contribution in [0.4, 0.5) is 0 Å². The van der Waals surface area contributed by atoms with E-state index in [-0.39, 0.29) is 5.41 Å². The lowest BCUT2D eigenvalue weighted by Gasteiger charge is -2.36. The molecule has 2 aromatic rings. The molecule has 1 N–H and O–H groups in total. The predicted octanol–water partition coefficient (Wildman–Crippen LogP) is 3.34. The van der Waals surface area contributed by atoms with Crippen LogP contribution in [0.3, 0.4) is 0 Å². The summed E-state index contributed by atoms with van der Waals surface area (Å²) < 4.78 is 5.19. The third kappa shape index (κ3) is 6.60. The van der Waals surface area contributed by atoms with Gasteiger partial charge in [0.2, 0.25) is 0 Å². The first-order valence-corrected chi connectivity index (χ1v) is 10.7. The quantitative estimate of drug-likeness (QED) is 0.574. The van der Waals surface area contributed by atoms with Crippen LogP contribution in [0.5, 0.6) is 0 Å². The molecule has 1 aromatic carbocycles. The molecule has 0 amide bonds. The van der Waals surface area contributed by atoms with Crippen molar-refractivity contribution in [2.75, 3.05) is 39.3 Å². The number of hydrogen-bond donors (Lipinski definition) is 1. The molecule has 6 nitrogen and oxygen atoms in total. The molecular formula is C23H35N5O. The van der Waals surface area contributed by atoms with Crippen LogP contribution in [-0.2, 0) is 13.0 Å². The Labute approximate surface area is 175 Å². The number of nitrogens with zero attached hydrogens (tertiary/aromatic N) is 4. The molecule has 0 atom stereocenters. The number of aromatic nitrogens is 1. The van der Waals surface area contributed by atoms with Gasteiger partial charge >= 0.3 is 0 Å². The molecule has 0 unspecified atom stereocenters. The summed E-state index contributed by atoms with van der Waals surface area (Å²) in [5.41, 5.74) is 2.50. The highest BCUT2D eigenvalue weighted by molar-refractivity contribution is 5.80. The molecule has 1 aromatic heterocycles. The van der Waals surface area contributed by atoms with E-state index in [1.54, 1.807) is 0 Å². The van der Waals surface area contributed by atoms with Crippen LogP contribution >= 0.6 is 0 Å². The smallest absolute Gasteiger partial charge is 0.194 e. The van der Waals surface area contributed by atoms with E-state index in [0.29, 0.717) is 0 Å². The highest BCUT2D eigenvalue weighted by atomic mass is 16.5. The summed E-state index contributed by atoms with van der Waals surface area (Å²) in [5.74, 6) is 1.91. The molecule has 2 heterocycles. The summed E-state index contributed by atoms with van der Waals surface area (Å²) in [7, 11) is 0. The van der Waals surface area contributed by atoms with Gasteiger partial charge in [0, 0.05) is 51.9 Å². The summed E-state index contributed by atoms with van der Waals surface area (Å²) in [4.78, 5) is 9.81. The average molecular weight is 398 g/mol. The number of benzene rings is 1. The standard InChI is InChI=1S/C23H35N5O/c1-5-24-22(25-18-23(3,4)16-20-9-7-6-8-10-20)28-13-11-27(12-14-28)17-21-15-19(2)29-26-21/h6-10,15H,5,11-14,16-18H2,1-4H3,(H,24,25). The normalized spacial score (nSPS) is 16.3. The Bertz CT molecular complexity index is 776. The fourth-order valence-corrected chi connectivity index (χ4v) is 3.76. The van der Waals surface area contributed by atoms with E-state index in [1.807, 2.05) is 13.0 Å². The second-order valence-electron chi connectivity index (χ2n) is 8.69. The van der Waals surface area contributed by atoms with Crippen molar-refractivity contribution in [2.24, 2.45) is 10.4 Å². The molecular weight excluding hydrogens is 362 g/mol. The zero-order valence-electron chi connectivity index (χ0n) is 18.3. The highest BCUT2D eigenvalue weighted by Crippen LogP contribution is 2.22. The van der Waals surface area contributed by atoms with Gasteiger partial charge in [-0.25, -0.2) is 0 Å². The van der Waals surface area contributed by atoms with Gasteiger partial charge in [0.15, 0.2) is 5.96 Å². The first-order valence-electron chi connectivity index (χ1n) is 10.7. The van der Waals surface area contributed by atoms with E-state index in [4.69, 9.17) is 9.52 Å². The molecule has 1 fully saturated rings. The van der Waals surface area contributed by atoms with Crippen molar-refractivity contribution in [3.63, 3.8) is 0 Å². The number of guanidine groups is 1. The Hall–Kier alpha value is -2.34. The Morgan fingerprint density at radius 2 is 1.90 bits per heavy atom. The number of nitrogens with one attached hydrogen (secondary N) is 1. The minimum atomic E-state index is 0.120. The molecule has 3 rings (SSSR count). The maximum atomic E-state index is 5.19. The molecule has 1 saturated heterocycles. The molecule has 0 bridgehead atoms. The van der Waals surface area contributed by atoms with Crippen molar-refractivity contribution in [1.29, 1.82) is 0 Å². The van der Waals surface area contributed by atoms with Crippen molar-refractivity contribution in [3.05, 3.63) is 53.4 Å². The molecule has 6 heteroatoms. The molecule has 29 heavy (non-hydrogen) atoms. The number of rotatable bonds is 7. The molecule has 0 saturated carbocycles. The van der Waals surface area contributed by atoms with Gasteiger partial charge in [0.05, 0.1) is 5.69 Å². The highest BCUT2D eigenvalue weighted by Gasteiger charge is 2.23. The molecule has 1 aliphatic heterocycles. The molecule has 0 aliphatic carbocycles. The van der Waals surface area contributed by atoms with Crippen molar-refractivity contribution in [1.82, 2.24) is 20.3 Å². The summed E-state index contributed by atoms with van der Waals surface area (Å²) in [5, 5.41) is 7.60. The van der Waals surface area contributed by atoms with Crippen molar-refractivity contribution >= 4 is 5.96 Å². The van der Waals surface area contributed by atoms with Crippen molar-refractivity contribution < 1.29 is 4.52 Å². The number of piperazine rings is 1. The van der Waals surface area contributed by atoms with E-state index in [9.17, 15) is 0 Å². The minimum Gasteiger partial charge on any atom is -0.361 e. The SMILES string of the molecule is CCNC(=NCC(C)(C)Cc1ccccc1)N1CCN(Cc2cc(C)on2)CC1. The van der Waals surface area contributed by atoms with Crippen LogP contribution in [0.15, 0.2) is 45.9 Å². The number of hydrogen-bond acceptors (Lipinski definition) is 4. The Kier molecular flexibility index (Phi) is 7.31. The van der Waals surface area contributed by atoms with Gasteiger partial charge in [-0.1, -0.05) is 49.3 Å². The van der Waals surface area contributed by atoms with Crippen LogP contribution in [0.25, 0.3) is 0 Å². The fraction of sp³-hybridized carbons (Fsp3) is 0.565. The van der Waals surface area contributed by atoms with Crippen LogP contribution in [0.1, 0.15) is 37.8 Å². The van der Waals surface area contributed by atoms with Gasteiger partial charge in [-0.05, 0) is 31.2 Å². The van der Waals surface area contributed by atoms with Gasteiger partial charge in [-0.2, -0.15) is 0 Å². The zero-order valence-corrected chi connectivity index (χ0v) is 18.3. The van der Waals surface area contributed by atoms with Crippen LogP contribution in [0, 0.1) is 12.3 Å². The van der Waals surface area contributed by atoms with Gasteiger partial charge in [0.1, 0.15) is 5.76 Å². The first kappa shape index (κ1) is 21.4. The van der Waals surface area contributed by atoms with E-state index >= 15 is 0 Å².